The molecule has 6 heteroatoms. The van der Waals surface area contributed by atoms with E-state index >= 15 is 0 Å². The Morgan fingerprint density at radius 1 is 1.53 bits per heavy atom. The van der Waals surface area contributed by atoms with Crippen molar-refractivity contribution in [2.45, 2.75) is 33.6 Å². The fourth-order valence-electron chi connectivity index (χ4n) is 1.41. The first kappa shape index (κ1) is 16.4. The minimum Gasteiger partial charge on any atom is -0.330 e. The van der Waals surface area contributed by atoms with E-state index in [4.69, 9.17) is 5.73 Å². The third-order valence-corrected chi connectivity index (χ3v) is 2.96. The first-order valence-corrected chi connectivity index (χ1v) is 6.30. The molecule has 1 aromatic heterocycles. The second-order valence-electron chi connectivity index (χ2n) is 4.19. The van der Waals surface area contributed by atoms with Crippen molar-refractivity contribution in [2.75, 3.05) is 11.9 Å². The number of thiazole rings is 1. The number of amides is 1. The topological polar surface area (TPSA) is 68.0 Å². The Morgan fingerprint density at radius 3 is 2.71 bits per heavy atom. The highest BCUT2D eigenvalue weighted by molar-refractivity contribution is 7.16. The van der Waals surface area contributed by atoms with Crippen molar-refractivity contribution in [1.82, 2.24) is 4.98 Å². The van der Waals surface area contributed by atoms with E-state index in [9.17, 15) is 4.79 Å². The number of hydrogen-bond donors (Lipinski definition) is 2. The van der Waals surface area contributed by atoms with Crippen LogP contribution in [0.3, 0.4) is 0 Å². The molecule has 4 nitrogen and oxygen atoms in total. The molecule has 0 aliphatic rings. The van der Waals surface area contributed by atoms with Gasteiger partial charge in [0.2, 0.25) is 5.91 Å². The van der Waals surface area contributed by atoms with Crippen molar-refractivity contribution in [2.24, 2.45) is 11.7 Å². The Balaban J connectivity index is 0.00000256. The Labute approximate surface area is 112 Å². The molecule has 0 saturated carbocycles. The molecule has 1 aromatic rings. The summed E-state index contributed by atoms with van der Waals surface area (Å²) in [5, 5.41) is 4.74. The van der Waals surface area contributed by atoms with Crippen LogP contribution in [0.15, 0.2) is 0 Å². The zero-order valence-corrected chi connectivity index (χ0v) is 12.1. The summed E-state index contributed by atoms with van der Waals surface area (Å²) in [6, 6.07) is 0. The van der Waals surface area contributed by atoms with Gasteiger partial charge in [-0.2, -0.15) is 0 Å². The summed E-state index contributed by atoms with van der Waals surface area (Å²) in [6.45, 7) is 6.61. The van der Waals surface area contributed by atoms with Crippen LogP contribution in [0.1, 0.15) is 31.0 Å². The van der Waals surface area contributed by atoms with Crippen molar-refractivity contribution in [1.29, 1.82) is 0 Å². The van der Waals surface area contributed by atoms with Gasteiger partial charge in [-0.1, -0.05) is 13.8 Å². The lowest BCUT2D eigenvalue weighted by Gasteiger charge is -2.06. The summed E-state index contributed by atoms with van der Waals surface area (Å²) < 4.78 is 0. The lowest BCUT2D eigenvalue weighted by atomic mass is 10.1. The van der Waals surface area contributed by atoms with Crippen LogP contribution in [-0.4, -0.2) is 17.4 Å². The summed E-state index contributed by atoms with van der Waals surface area (Å²) in [7, 11) is 0. The molecule has 17 heavy (non-hydrogen) atoms. The van der Waals surface area contributed by atoms with E-state index in [2.05, 4.69) is 24.1 Å². The zero-order valence-electron chi connectivity index (χ0n) is 10.4. The number of aromatic nitrogens is 1. The van der Waals surface area contributed by atoms with Crippen LogP contribution in [0.2, 0.25) is 0 Å². The molecule has 0 bridgehead atoms. The number of nitrogens with two attached hydrogens (primary N) is 1. The number of carbonyl (C=O) groups excluding carboxylic acids is 1. The number of nitrogens with one attached hydrogen (secondary N) is 1. The van der Waals surface area contributed by atoms with Gasteiger partial charge in [0.05, 0.1) is 10.7 Å². The zero-order chi connectivity index (χ0) is 12.1. The molecule has 1 amide bonds. The average molecular weight is 278 g/mol. The number of nitrogens with zero attached hydrogens (tertiary/aromatic N) is 1. The maximum Gasteiger partial charge on any atom is 0.226 e. The predicted octanol–water partition coefficient (Wildman–Crippen LogP) is 2.36. The molecule has 0 aliphatic heterocycles. The summed E-state index contributed by atoms with van der Waals surface area (Å²) in [5.41, 5.74) is 6.32. The Hall–Kier alpha value is -0.650. The molecule has 0 atom stereocenters. The average Bonchev–Trinajstić information content (AvgIpc) is 2.45. The number of aryl methyl sites for hydroxylation is 1. The molecular weight excluding hydrogens is 258 g/mol. The molecule has 0 unspecified atom stereocenters. The molecule has 0 spiro atoms. The number of carbonyl (C=O) groups is 1. The van der Waals surface area contributed by atoms with E-state index in [-0.39, 0.29) is 18.3 Å². The van der Waals surface area contributed by atoms with E-state index in [0.29, 0.717) is 18.9 Å². The standard InChI is InChI=1S/C11H19N3OS.ClH/c1-7(2)6-9-11(16-8(3)13-9)14-10(15)4-5-12;/h7H,4-6,12H2,1-3H3,(H,14,15);1H. The Bertz CT molecular complexity index is 366. The summed E-state index contributed by atoms with van der Waals surface area (Å²) in [6.07, 6.45) is 1.25. The lowest BCUT2D eigenvalue weighted by Crippen LogP contribution is -2.16. The maximum atomic E-state index is 11.4. The fraction of sp³-hybridized carbons (Fsp3) is 0.636. The number of hydrogen-bond acceptors (Lipinski definition) is 4. The summed E-state index contributed by atoms with van der Waals surface area (Å²) in [5.74, 6) is 0.503. The van der Waals surface area contributed by atoms with E-state index < -0.39 is 0 Å². The first-order chi connectivity index (χ1) is 7.52. The van der Waals surface area contributed by atoms with Crippen LogP contribution >= 0.6 is 23.7 Å². The van der Waals surface area contributed by atoms with Gasteiger partial charge >= 0.3 is 0 Å². The minimum absolute atomic E-state index is 0. The van der Waals surface area contributed by atoms with Crippen LogP contribution in [0.4, 0.5) is 5.00 Å². The third-order valence-electron chi connectivity index (χ3n) is 2.03. The van der Waals surface area contributed by atoms with E-state index in [0.717, 1.165) is 22.1 Å². The second kappa shape index (κ2) is 7.63. The molecule has 1 rings (SSSR count). The normalized spacial score (nSPS) is 10.2. The molecule has 0 fully saturated rings. The van der Waals surface area contributed by atoms with Gasteiger partial charge in [-0.3, -0.25) is 4.79 Å². The van der Waals surface area contributed by atoms with E-state index in [1.165, 1.54) is 11.3 Å². The van der Waals surface area contributed by atoms with Gasteiger partial charge < -0.3 is 11.1 Å². The van der Waals surface area contributed by atoms with Crippen molar-refractivity contribution in [3.8, 4) is 0 Å². The first-order valence-electron chi connectivity index (χ1n) is 5.49. The molecule has 3 N–H and O–H groups in total. The molecule has 98 valence electrons. The molecular formula is C11H20ClN3OS. The van der Waals surface area contributed by atoms with Crippen LogP contribution in [0.25, 0.3) is 0 Å². The highest BCUT2D eigenvalue weighted by atomic mass is 35.5. The molecule has 1 heterocycles. The molecule has 0 aliphatic carbocycles. The van der Waals surface area contributed by atoms with Gasteiger partial charge in [-0.05, 0) is 19.3 Å². The Kier molecular flexibility index (Phi) is 7.34. The van der Waals surface area contributed by atoms with Gasteiger partial charge in [-0.25, -0.2) is 4.98 Å². The number of halogens is 1. The van der Waals surface area contributed by atoms with Crippen LogP contribution in [-0.2, 0) is 11.2 Å². The largest absolute Gasteiger partial charge is 0.330 e. The highest BCUT2D eigenvalue weighted by Crippen LogP contribution is 2.26. The van der Waals surface area contributed by atoms with Crippen LogP contribution in [0, 0.1) is 12.8 Å². The van der Waals surface area contributed by atoms with Gasteiger partial charge in [0.1, 0.15) is 5.00 Å². The maximum absolute atomic E-state index is 11.4. The van der Waals surface area contributed by atoms with Crippen molar-refractivity contribution in [3.63, 3.8) is 0 Å². The lowest BCUT2D eigenvalue weighted by molar-refractivity contribution is -0.116. The summed E-state index contributed by atoms with van der Waals surface area (Å²) in [4.78, 5) is 15.9. The Morgan fingerprint density at radius 2 is 2.18 bits per heavy atom. The minimum atomic E-state index is -0.0313. The van der Waals surface area contributed by atoms with E-state index in [1.54, 1.807) is 0 Å². The van der Waals surface area contributed by atoms with Gasteiger partial charge in [0, 0.05) is 13.0 Å². The van der Waals surface area contributed by atoms with E-state index in [1.807, 2.05) is 6.92 Å². The monoisotopic (exact) mass is 277 g/mol. The predicted molar refractivity (Wildman–Crippen MR) is 74.9 cm³/mol. The van der Waals surface area contributed by atoms with Gasteiger partial charge in [0.15, 0.2) is 0 Å². The molecule has 0 saturated heterocycles. The van der Waals surface area contributed by atoms with Crippen LogP contribution in [0.5, 0.6) is 0 Å². The van der Waals surface area contributed by atoms with Crippen LogP contribution < -0.4 is 11.1 Å². The number of rotatable bonds is 5. The van der Waals surface area contributed by atoms with Gasteiger partial charge in [0.25, 0.3) is 0 Å². The highest BCUT2D eigenvalue weighted by Gasteiger charge is 2.12. The third kappa shape index (κ3) is 5.48. The molecule has 0 aromatic carbocycles. The second-order valence-corrected chi connectivity index (χ2v) is 5.40. The number of anilines is 1. The van der Waals surface area contributed by atoms with Gasteiger partial charge in [-0.15, -0.1) is 23.7 Å². The fourth-order valence-corrected chi connectivity index (χ4v) is 2.28. The van der Waals surface area contributed by atoms with Crippen molar-refractivity contribution < 1.29 is 4.79 Å². The quantitative estimate of drug-likeness (QED) is 0.868. The van der Waals surface area contributed by atoms with Crippen molar-refractivity contribution in [3.05, 3.63) is 10.7 Å². The smallest absolute Gasteiger partial charge is 0.226 e. The SMILES string of the molecule is Cc1nc(CC(C)C)c(NC(=O)CCN)s1.Cl. The summed E-state index contributed by atoms with van der Waals surface area (Å²) >= 11 is 1.53. The van der Waals surface area contributed by atoms with Crippen molar-refractivity contribution >= 4 is 34.7 Å². The molecule has 0 radical (unpaired) electrons.